The monoisotopic (exact) mass is 550 g/mol. The van der Waals surface area contributed by atoms with Crippen molar-refractivity contribution in [2.24, 2.45) is 5.10 Å². The smallest absolute Gasteiger partial charge is 0.270 e. The number of non-ortho nitro benzene ring substituents is 1. The number of thioether (sulfide) groups is 1. The molecule has 0 saturated carbocycles. The largest absolute Gasteiger partial charge is 0.457 e. The van der Waals surface area contributed by atoms with Gasteiger partial charge in [-0.05, 0) is 42.0 Å². The predicted octanol–water partition coefficient (Wildman–Crippen LogP) is 5.88. The standard InChI is InChI=1S/C29H22N6O4S/c36-27(31-30-19-21-9-7-16-26(17-21)39-25-14-5-2-6-15-25)20-40-29-33-32-28(34(29)23-11-3-1-4-12-23)22-10-8-13-24(18-22)35(37)38/h1-19H,20H2,(H,31,36)/b30-19+. The molecule has 40 heavy (non-hydrogen) atoms. The van der Waals surface area contributed by atoms with Crippen molar-refractivity contribution in [1.29, 1.82) is 0 Å². The molecule has 4 aromatic carbocycles. The predicted molar refractivity (Wildman–Crippen MR) is 153 cm³/mol. The van der Waals surface area contributed by atoms with E-state index in [2.05, 4.69) is 20.7 Å². The van der Waals surface area contributed by atoms with E-state index in [1.807, 2.05) is 84.9 Å². The van der Waals surface area contributed by atoms with Gasteiger partial charge >= 0.3 is 0 Å². The minimum absolute atomic E-state index is 0.0222. The number of para-hydroxylation sites is 2. The molecule has 1 amide bonds. The van der Waals surface area contributed by atoms with Crippen LogP contribution in [0.15, 0.2) is 119 Å². The van der Waals surface area contributed by atoms with E-state index in [1.165, 1.54) is 30.1 Å². The molecule has 5 rings (SSSR count). The fraction of sp³-hybridized carbons (Fsp3) is 0.0345. The second-order valence-corrected chi connectivity index (χ2v) is 9.30. The van der Waals surface area contributed by atoms with Crippen LogP contribution < -0.4 is 10.2 Å². The van der Waals surface area contributed by atoms with Gasteiger partial charge in [0.1, 0.15) is 11.5 Å². The van der Waals surface area contributed by atoms with Gasteiger partial charge in [0.05, 0.1) is 16.9 Å². The van der Waals surface area contributed by atoms with Crippen molar-refractivity contribution in [3.05, 3.63) is 125 Å². The Balaban J connectivity index is 1.26. The molecule has 5 aromatic rings. The van der Waals surface area contributed by atoms with Crippen LogP contribution in [0.3, 0.4) is 0 Å². The molecule has 1 heterocycles. The van der Waals surface area contributed by atoms with Crippen molar-refractivity contribution in [1.82, 2.24) is 20.2 Å². The van der Waals surface area contributed by atoms with Crippen LogP contribution in [0.4, 0.5) is 5.69 Å². The summed E-state index contributed by atoms with van der Waals surface area (Å²) in [5.41, 5.74) is 4.52. The highest BCUT2D eigenvalue weighted by Gasteiger charge is 2.19. The van der Waals surface area contributed by atoms with E-state index >= 15 is 0 Å². The lowest BCUT2D eigenvalue weighted by Gasteiger charge is -2.10. The van der Waals surface area contributed by atoms with E-state index in [1.54, 1.807) is 16.7 Å². The average Bonchev–Trinajstić information content (AvgIpc) is 3.41. The highest BCUT2D eigenvalue weighted by Crippen LogP contribution is 2.29. The second-order valence-electron chi connectivity index (χ2n) is 8.35. The second kappa shape index (κ2) is 12.5. The number of nitro groups is 1. The summed E-state index contributed by atoms with van der Waals surface area (Å²) in [5.74, 6) is 1.48. The molecule has 0 aliphatic carbocycles. The Morgan fingerprint density at radius 1 is 0.925 bits per heavy atom. The third-order valence-electron chi connectivity index (χ3n) is 5.54. The lowest BCUT2D eigenvalue weighted by atomic mass is 10.2. The Kier molecular flexibility index (Phi) is 8.23. The third-order valence-corrected chi connectivity index (χ3v) is 6.46. The summed E-state index contributed by atoms with van der Waals surface area (Å²) >= 11 is 1.18. The summed E-state index contributed by atoms with van der Waals surface area (Å²) in [5, 5.41) is 24.3. The number of amides is 1. The van der Waals surface area contributed by atoms with E-state index in [-0.39, 0.29) is 17.3 Å². The molecule has 0 aliphatic rings. The normalized spacial score (nSPS) is 10.9. The number of carbonyl (C=O) groups excluding carboxylic acids is 1. The summed E-state index contributed by atoms with van der Waals surface area (Å²) < 4.78 is 7.60. The number of carbonyl (C=O) groups is 1. The maximum absolute atomic E-state index is 12.6. The van der Waals surface area contributed by atoms with Crippen LogP contribution in [0.1, 0.15) is 5.56 Å². The van der Waals surface area contributed by atoms with Crippen molar-refractivity contribution in [2.45, 2.75) is 5.16 Å². The van der Waals surface area contributed by atoms with Gasteiger partial charge in [0.2, 0.25) is 0 Å². The molecule has 0 saturated heterocycles. The number of hydrogen-bond acceptors (Lipinski definition) is 8. The number of hydrogen-bond donors (Lipinski definition) is 1. The molecular formula is C29H22N6O4S. The molecule has 1 aromatic heterocycles. The molecule has 0 aliphatic heterocycles. The molecule has 11 heteroatoms. The molecule has 0 unspecified atom stereocenters. The lowest BCUT2D eigenvalue weighted by molar-refractivity contribution is -0.384. The molecule has 10 nitrogen and oxygen atoms in total. The molecule has 0 spiro atoms. The first-order valence-electron chi connectivity index (χ1n) is 12.1. The molecule has 1 N–H and O–H groups in total. The Hall–Kier alpha value is -5.29. The van der Waals surface area contributed by atoms with Crippen LogP contribution in [0.2, 0.25) is 0 Å². The van der Waals surface area contributed by atoms with Crippen molar-refractivity contribution in [3.63, 3.8) is 0 Å². The van der Waals surface area contributed by atoms with Crippen molar-refractivity contribution in [2.75, 3.05) is 5.75 Å². The van der Waals surface area contributed by atoms with Gasteiger partial charge in [-0.25, -0.2) is 5.43 Å². The molecule has 0 radical (unpaired) electrons. The minimum atomic E-state index is -0.459. The van der Waals surface area contributed by atoms with Crippen LogP contribution in [0, 0.1) is 10.1 Å². The number of nitrogens with one attached hydrogen (secondary N) is 1. The Morgan fingerprint density at radius 3 is 2.42 bits per heavy atom. The number of benzene rings is 4. The Morgan fingerprint density at radius 2 is 1.65 bits per heavy atom. The van der Waals surface area contributed by atoms with Gasteiger partial charge in [0, 0.05) is 23.4 Å². The first kappa shape index (κ1) is 26.3. The molecular weight excluding hydrogens is 528 g/mol. The summed E-state index contributed by atoms with van der Waals surface area (Å²) in [6.07, 6.45) is 1.54. The fourth-order valence-corrected chi connectivity index (χ4v) is 4.49. The topological polar surface area (TPSA) is 125 Å². The molecule has 0 fully saturated rings. The first-order chi connectivity index (χ1) is 19.6. The Labute approximate surface area is 233 Å². The average molecular weight is 551 g/mol. The summed E-state index contributed by atoms with van der Waals surface area (Å²) in [7, 11) is 0. The van der Waals surface area contributed by atoms with E-state index < -0.39 is 4.92 Å². The molecule has 0 atom stereocenters. The number of nitrogens with zero attached hydrogens (tertiary/aromatic N) is 5. The van der Waals surface area contributed by atoms with Gasteiger partial charge in [-0.2, -0.15) is 5.10 Å². The molecule has 0 bridgehead atoms. The zero-order chi connectivity index (χ0) is 27.7. The zero-order valence-corrected chi connectivity index (χ0v) is 21.8. The highest BCUT2D eigenvalue weighted by atomic mass is 32.2. The lowest BCUT2D eigenvalue weighted by Crippen LogP contribution is -2.20. The fourth-order valence-electron chi connectivity index (χ4n) is 3.74. The maximum atomic E-state index is 12.6. The number of nitro benzene ring substituents is 1. The third kappa shape index (κ3) is 6.58. The quantitative estimate of drug-likeness (QED) is 0.0997. The van der Waals surface area contributed by atoms with Crippen LogP contribution in [-0.2, 0) is 4.79 Å². The van der Waals surface area contributed by atoms with E-state index in [0.717, 1.165) is 17.0 Å². The van der Waals surface area contributed by atoms with Gasteiger partial charge in [-0.3, -0.25) is 19.5 Å². The minimum Gasteiger partial charge on any atom is -0.457 e. The van der Waals surface area contributed by atoms with E-state index in [9.17, 15) is 14.9 Å². The van der Waals surface area contributed by atoms with Crippen LogP contribution in [-0.4, -0.2) is 37.6 Å². The van der Waals surface area contributed by atoms with Gasteiger partial charge < -0.3 is 4.74 Å². The van der Waals surface area contributed by atoms with Crippen LogP contribution in [0.5, 0.6) is 11.5 Å². The SMILES string of the molecule is O=C(CSc1nnc(-c2cccc([N+](=O)[O-])c2)n1-c1ccccc1)N/N=C/c1cccc(Oc2ccccc2)c1. The summed E-state index contributed by atoms with van der Waals surface area (Å²) in [4.78, 5) is 23.4. The van der Waals surface area contributed by atoms with Gasteiger partial charge in [-0.1, -0.05) is 72.4 Å². The zero-order valence-electron chi connectivity index (χ0n) is 21.0. The van der Waals surface area contributed by atoms with Crippen LogP contribution in [0.25, 0.3) is 17.1 Å². The van der Waals surface area contributed by atoms with Crippen molar-refractivity contribution >= 4 is 29.6 Å². The Bertz CT molecular complexity index is 1660. The van der Waals surface area contributed by atoms with Gasteiger partial charge in [0.25, 0.3) is 11.6 Å². The number of ether oxygens (including phenoxy) is 1. The first-order valence-corrected chi connectivity index (χ1v) is 13.1. The van der Waals surface area contributed by atoms with Crippen LogP contribution >= 0.6 is 11.8 Å². The van der Waals surface area contributed by atoms with E-state index in [0.29, 0.717) is 22.3 Å². The maximum Gasteiger partial charge on any atom is 0.270 e. The number of rotatable bonds is 10. The highest BCUT2D eigenvalue weighted by molar-refractivity contribution is 7.99. The summed E-state index contributed by atoms with van der Waals surface area (Å²) in [6, 6.07) is 32.3. The van der Waals surface area contributed by atoms with Gasteiger partial charge in [-0.15, -0.1) is 10.2 Å². The van der Waals surface area contributed by atoms with Crippen molar-refractivity contribution in [3.8, 4) is 28.6 Å². The number of hydrazone groups is 1. The van der Waals surface area contributed by atoms with Crippen molar-refractivity contribution < 1.29 is 14.5 Å². The van der Waals surface area contributed by atoms with Gasteiger partial charge in [0.15, 0.2) is 11.0 Å². The molecule has 198 valence electrons. The summed E-state index contributed by atoms with van der Waals surface area (Å²) in [6.45, 7) is 0. The van der Waals surface area contributed by atoms with E-state index in [4.69, 9.17) is 4.74 Å². The number of aromatic nitrogens is 3.